The van der Waals surface area contributed by atoms with Gasteiger partial charge in [0, 0.05) is 17.7 Å². The zero-order chi connectivity index (χ0) is 15.8. The largest absolute Gasteiger partial charge is 0.389 e. The van der Waals surface area contributed by atoms with Gasteiger partial charge in [0.05, 0.1) is 6.54 Å². The number of benzene rings is 1. The molecule has 21 heavy (non-hydrogen) atoms. The van der Waals surface area contributed by atoms with E-state index in [0.717, 1.165) is 0 Å². The summed E-state index contributed by atoms with van der Waals surface area (Å²) in [6.07, 6.45) is 1.00. The molecular formula is C14H20N4O2S. The number of nitrogens with zero attached hydrogens (tertiary/aromatic N) is 1. The molecule has 0 saturated carbocycles. The lowest BCUT2D eigenvalue weighted by Gasteiger charge is -2.14. The van der Waals surface area contributed by atoms with E-state index >= 15 is 0 Å². The fraction of sp³-hybridized carbons (Fsp3) is 0.357. The van der Waals surface area contributed by atoms with Crippen LogP contribution < -0.4 is 16.8 Å². The second-order valence-electron chi connectivity index (χ2n) is 4.80. The number of amides is 2. The van der Waals surface area contributed by atoms with Gasteiger partial charge in [-0.3, -0.25) is 14.5 Å². The molecule has 2 amide bonds. The smallest absolute Gasteiger partial charge is 0.231 e. The van der Waals surface area contributed by atoms with Crippen LogP contribution in [0.5, 0.6) is 0 Å². The highest BCUT2D eigenvalue weighted by molar-refractivity contribution is 7.80. The molecule has 0 aliphatic carbocycles. The maximum absolute atomic E-state index is 11.8. The maximum Gasteiger partial charge on any atom is 0.231 e. The average molecular weight is 308 g/mol. The van der Waals surface area contributed by atoms with Crippen molar-refractivity contribution in [1.82, 2.24) is 4.90 Å². The van der Waals surface area contributed by atoms with Gasteiger partial charge in [-0.15, -0.1) is 0 Å². The van der Waals surface area contributed by atoms with Gasteiger partial charge in [0.2, 0.25) is 11.8 Å². The number of rotatable bonds is 8. The van der Waals surface area contributed by atoms with Gasteiger partial charge >= 0.3 is 0 Å². The fourth-order valence-corrected chi connectivity index (χ4v) is 1.96. The van der Waals surface area contributed by atoms with E-state index in [1.165, 1.54) is 0 Å². The van der Waals surface area contributed by atoms with Crippen LogP contribution in [0.25, 0.3) is 0 Å². The molecule has 5 N–H and O–H groups in total. The van der Waals surface area contributed by atoms with Crippen molar-refractivity contribution < 1.29 is 9.59 Å². The molecule has 114 valence electrons. The molecule has 0 atom stereocenters. The number of carbonyl (C=O) groups is 2. The highest BCUT2D eigenvalue weighted by Crippen LogP contribution is 2.11. The molecule has 0 radical (unpaired) electrons. The first-order chi connectivity index (χ1) is 9.88. The lowest BCUT2D eigenvalue weighted by atomic mass is 10.2. The normalized spacial score (nSPS) is 10.4. The van der Waals surface area contributed by atoms with Crippen LogP contribution in [0, 0.1) is 0 Å². The van der Waals surface area contributed by atoms with E-state index in [-0.39, 0.29) is 18.4 Å². The Morgan fingerprint density at radius 2 is 2.05 bits per heavy atom. The summed E-state index contributed by atoms with van der Waals surface area (Å²) < 4.78 is 0. The number of nitrogens with one attached hydrogen (secondary N) is 1. The number of nitrogens with two attached hydrogens (primary N) is 2. The van der Waals surface area contributed by atoms with Crippen LogP contribution in [0.3, 0.4) is 0 Å². The summed E-state index contributed by atoms with van der Waals surface area (Å²) >= 11 is 4.89. The molecule has 6 nitrogen and oxygen atoms in total. The fourth-order valence-electron chi connectivity index (χ4n) is 1.83. The van der Waals surface area contributed by atoms with Crippen LogP contribution in [0.1, 0.15) is 18.4 Å². The Morgan fingerprint density at radius 1 is 1.33 bits per heavy atom. The Balaban J connectivity index is 2.38. The number of primary amides is 1. The zero-order valence-corrected chi connectivity index (χ0v) is 12.8. The number of hydrogen-bond acceptors (Lipinski definition) is 4. The first-order valence-corrected chi connectivity index (χ1v) is 6.96. The number of carbonyl (C=O) groups excluding carboxylic acids is 2. The molecule has 1 aromatic carbocycles. The third kappa shape index (κ3) is 6.82. The van der Waals surface area contributed by atoms with E-state index in [1.54, 1.807) is 36.2 Å². The zero-order valence-electron chi connectivity index (χ0n) is 12.0. The quantitative estimate of drug-likeness (QED) is 0.606. The molecular weight excluding hydrogens is 288 g/mol. The van der Waals surface area contributed by atoms with E-state index in [4.69, 9.17) is 23.7 Å². The Kier molecular flexibility index (Phi) is 6.77. The minimum absolute atomic E-state index is 0.0948. The molecule has 0 heterocycles. The van der Waals surface area contributed by atoms with Crippen molar-refractivity contribution in [1.29, 1.82) is 0 Å². The van der Waals surface area contributed by atoms with Crippen molar-refractivity contribution >= 4 is 34.7 Å². The molecule has 1 rings (SSSR count). The lowest BCUT2D eigenvalue weighted by Crippen LogP contribution is -2.31. The van der Waals surface area contributed by atoms with Crippen molar-refractivity contribution in [3.05, 3.63) is 29.8 Å². The molecule has 0 saturated heterocycles. The van der Waals surface area contributed by atoms with Crippen LogP contribution in [-0.4, -0.2) is 41.8 Å². The molecule has 0 bridgehead atoms. The summed E-state index contributed by atoms with van der Waals surface area (Å²) in [4.78, 5) is 24.6. The van der Waals surface area contributed by atoms with Gasteiger partial charge in [-0.1, -0.05) is 24.4 Å². The Morgan fingerprint density at radius 3 is 2.67 bits per heavy atom. The van der Waals surface area contributed by atoms with E-state index < -0.39 is 0 Å². The monoisotopic (exact) mass is 308 g/mol. The van der Waals surface area contributed by atoms with Crippen LogP contribution in [0.15, 0.2) is 24.3 Å². The van der Waals surface area contributed by atoms with Gasteiger partial charge in [-0.2, -0.15) is 0 Å². The summed E-state index contributed by atoms with van der Waals surface area (Å²) in [6.45, 7) is 0.820. The maximum atomic E-state index is 11.8. The van der Waals surface area contributed by atoms with Crippen molar-refractivity contribution in [2.45, 2.75) is 12.8 Å². The second kappa shape index (κ2) is 8.33. The molecule has 0 aliphatic heterocycles. The SMILES string of the molecule is CN(CCCC(=O)Nc1cccc(C(N)=S)c1)CC(N)=O. The third-order valence-electron chi connectivity index (χ3n) is 2.80. The summed E-state index contributed by atoms with van der Waals surface area (Å²) in [5.41, 5.74) is 12.0. The summed E-state index contributed by atoms with van der Waals surface area (Å²) in [5, 5.41) is 2.79. The van der Waals surface area contributed by atoms with Gasteiger partial charge in [0.1, 0.15) is 4.99 Å². The minimum atomic E-state index is -0.378. The number of hydrogen-bond donors (Lipinski definition) is 3. The molecule has 0 aromatic heterocycles. The van der Waals surface area contributed by atoms with Gasteiger partial charge in [-0.05, 0) is 32.1 Å². The Bertz CT molecular complexity index is 533. The Hall–Kier alpha value is -1.99. The van der Waals surface area contributed by atoms with Gasteiger partial charge in [0.15, 0.2) is 0 Å². The van der Waals surface area contributed by atoms with Crippen LogP contribution >= 0.6 is 12.2 Å². The number of anilines is 1. The second-order valence-corrected chi connectivity index (χ2v) is 5.24. The average Bonchev–Trinajstić information content (AvgIpc) is 2.37. The first kappa shape index (κ1) is 17.1. The van der Waals surface area contributed by atoms with Gasteiger partial charge in [-0.25, -0.2) is 0 Å². The first-order valence-electron chi connectivity index (χ1n) is 6.55. The number of thiocarbonyl (C=S) groups is 1. The third-order valence-corrected chi connectivity index (χ3v) is 3.04. The van der Waals surface area contributed by atoms with Crippen molar-refractivity contribution in [3.63, 3.8) is 0 Å². The van der Waals surface area contributed by atoms with Crippen molar-refractivity contribution in [3.8, 4) is 0 Å². The minimum Gasteiger partial charge on any atom is -0.389 e. The topological polar surface area (TPSA) is 101 Å². The van der Waals surface area contributed by atoms with Crippen LogP contribution in [0.4, 0.5) is 5.69 Å². The molecule has 0 aliphatic rings. The summed E-state index contributed by atoms with van der Waals surface area (Å²) in [7, 11) is 1.79. The van der Waals surface area contributed by atoms with E-state index in [9.17, 15) is 9.59 Å². The van der Waals surface area contributed by atoms with Gasteiger partial charge in [0.25, 0.3) is 0 Å². The van der Waals surface area contributed by atoms with Crippen molar-refractivity contribution in [2.24, 2.45) is 11.5 Å². The van der Waals surface area contributed by atoms with E-state index in [1.807, 2.05) is 0 Å². The number of likely N-dealkylation sites (N-methyl/N-ethyl adjacent to an activating group) is 1. The summed E-state index contributed by atoms with van der Waals surface area (Å²) in [5.74, 6) is -0.473. The van der Waals surface area contributed by atoms with E-state index in [2.05, 4.69) is 5.32 Å². The predicted molar refractivity (Wildman–Crippen MR) is 86.9 cm³/mol. The lowest BCUT2D eigenvalue weighted by molar-refractivity contribution is -0.118. The molecule has 0 fully saturated rings. The highest BCUT2D eigenvalue weighted by atomic mass is 32.1. The predicted octanol–water partition coefficient (Wildman–Crippen LogP) is 0.457. The van der Waals surface area contributed by atoms with Crippen molar-refractivity contribution in [2.75, 3.05) is 25.5 Å². The van der Waals surface area contributed by atoms with E-state index in [0.29, 0.717) is 35.6 Å². The highest BCUT2D eigenvalue weighted by Gasteiger charge is 2.06. The molecule has 0 spiro atoms. The molecule has 7 heteroatoms. The van der Waals surface area contributed by atoms with Crippen LogP contribution in [-0.2, 0) is 9.59 Å². The Labute approximate surface area is 129 Å². The van der Waals surface area contributed by atoms with Crippen LogP contribution in [0.2, 0.25) is 0 Å². The van der Waals surface area contributed by atoms with Gasteiger partial charge < -0.3 is 16.8 Å². The molecule has 1 aromatic rings. The molecule has 0 unspecified atom stereocenters. The standard InChI is InChI=1S/C14H20N4O2S/c1-18(9-12(15)19)7-3-6-13(20)17-11-5-2-4-10(8-11)14(16)21/h2,4-5,8H,3,6-7,9H2,1H3,(H2,15,19)(H2,16,21)(H,17,20). The summed E-state index contributed by atoms with van der Waals surface area (Å²) in [6, 6.07) is 7.08.